The van der Waals surface area contributed by atoms with Gasteiger partial charge in [0.05, 0.1) is 17.2 Å². The Bertz CT molecular complexity index is 791. The highest BCUT2D eigenvalue weighted by molar-refractivity contribution is 6.33. The molecule has 0 aromatic heterocycles. The first-order valence-corrected chi connectivity index (χ1v) is 10.7. The highest BCUT2D eigenvalue weighted by Crippen LogP contribution is 2.34. The number of fused-ring (bicyclic) bond motifs is 1. The molecule has 1 saturated carbocycles. The number of rotatable bonds is 5. The second kappa shape index (κ2) is 8.69. The number of nitrogens with one attached hydrogen (secondary N) is 1. The Morgan fingerprint density at radius 3 is 2.64 bits per heavy atom. The number of ketones is 1. The zero-order valence-electron chi connectivity index (χ0n) is 17.1. The summed E-state index contributed by atoms with van der Waals surface area (Å²) in [6.45, 7) is 6.52. The molecule has 5 heteroatoms. The average Bonchev–Trinajstić information content (AvgIpc) is 2.65. The van der Waals surface area contributed by atoms with E-state index >= 15 is 0 Å². The minimum atomic E-state index is -0.419. The Balaban J connectivity index is 1.97. The van der Waals surface area contributed by atoms with Crippen LogP contribution in [0.2, 0.25) is 5.02 Å². The number of benzene rings is 1. The topological polar surface area (TPSA) is 55.4 Å². The number of hydrogen-bond acceptors (Lipinski definition) is 4. The fourth-order valence-electron chi connectivity index (χ4n) is 4.15. The van der Waals surface area contributed by atoms with Crippen LogP contribution in [0.5, 0.6) is 0 Å². The normalized spacial score (nSPS) is 20.4. The van der Waals surface area contributed by atoms with Crippen LogP contribution in [0, 0.1) is 5.92 Å². The van der Waals surface area contributed by atoms with E-state index in [0.29, 0.717) is 17.2 Å². The van der Waals surface area contributed by atoms with Gasteiger partial charge in [0, 0.05) is 28.8 Å². The lowest BCUT2D eigenvalue weighted by Crippen LogP contribution is -2.44. The summed E-state index contributed by atoms with van der Waals surface area (Å²) in [5, 5.41) is 3.89. The molecule has 1 N–H and O–H groups in total. The molecule has 1 aliphatic carbocycles. The van der Waals surface area contributed by atoms with Crippen LogP contribution in [0.3, 0.4) is 0 Å². The van der Waals surface area contributed by atoms with Crippen LogP contribution < -0.4 is 5.32 Å². The maximum absolute atomic E-state index is 12.9. The average molecular weight is 404 g/mol. The van der Waals surface area contributed by atoms with Gasteiger partial charge >= 0.3 is 5.97 Å². The van der Waals surface area contributed by atoms with Crippen molar-refractivity contribution in [3.63, 3.8) is 0 Å². The molecule has 1 heterocycles. The molecule has 0 amide bonds. The summed E-state index contributed by atoms with van der Waals surface area (Å²) in [6.07, 6.45) is 8.66. The minimum absolute atomic E-state index is 0.109. The Morgan fingerprint density at radius 1 is 1.25 bits per heavy atom. The third kappa shape index (κ3) is 4.78. The largest absolute Gasteiger partial charge is 0.462 e. The standard InChI is InChI=1S/C23H30ClNO3/c1-4-10-28-22(27)18-12-17-16(11-19(18)24)14-23(2,3)25-20(17)13-21(26)15-8-6-5-7-9-15/h11-13,15,25H,4-10,14H2,1-3H3/b20-13-. The monoisotopic (exact) mass is 403 g/mol. The molecule has 1 aromatic rings. The van der Waals surface area contributed by atoms with E-state index in [1.54, 1.807) is 12.1 Å². The van der Waals surface area contributed by atoms with Crippen molar-refractivity contribution < 1.29 is 14.3 Å². The maximum atomic E-state index is 12.9. The Labute approximate surface area is 172 Å². The van der Waals surface area contributed by atoms with E-state index in [-0.39, 0.29) is 17.2 Å². The zero-order chi connectivity index (χ0) is 20.3. The second-order valence-corrected chi connectivity index (χ2v) is 9.01. The van der Waals surface area contributed by atoms with Crippen molar-refractivity contribution >= 4 is 29.1 Å². The molecule has 0 atom stereocenters. The minimum Gasteiger partial charge on any atom is -0.462 e. The summed E-state index contributed by atoms with van der Waals surface area (Å²) in [5.74, 6) is -0.133. The van der Waals surface area contributed by atoms with Crippen LogP contribution in [0.4, 0.5) is 0 Å². The molecule has 0 saturated heterocycles. The van der Waals surface area contributed by atoms with Crippen LogP contribution in [-0.2, 0) is 16.0 Å². The van der Waals surface area contributed by atoms with Gasteiger partial charge in [-0.1, -0.05) is 37.8 Å². The quantitative estimate of drug-likeness (QED) is 0.533. The van der Waals surface area contributed by atoms with Gasteiger partial charge in [0.2, 0.25) is 0 Å². The first-order valence-electron chi connectivity index (χ1n) is 10.3. The second-order valence-electron chi connectivity index (χ2n) is 8.61. The summed E-state index contributed by atoms with van der Waals surface area (Å²) in [7, 11) is 0. The lowest BCUT2D eigenvalue weighted by atomic mass is 9.82. The van der Waals surface area contributed by atoms with Gasteiger partial charge in [0.1, 0.15) is 0 Å². The summed E-state index contributed by atoms with van der Waals surface area (Å²) < 4.78 is 5.27. The van der Waals surface area contributed by atoms with Gasteiger partial charge in [-0.3, -0.25) is 4.79 Å². The number of carbonyl (C=O) groups excluding carboxylic acids is 2. The van der Waals surface area contributed by atoms with Crippen molar-refractivity contribution in [3.8, 4) is 0 Å². The molecule has 1 aromatic carbocycles. The van der Waals surface area contributed by atoms with Crippen molar-refractivity contribution in [3.05, 3.63) is 39.9 Å². The lowest BCUT2D eigenvalue weighted by molar-refractivity contribution is -0.119. The van der Waals surface area contributed by atoms with Crippen molar-refractivity contribution in [2.45, 2.75) is 71.3 Å². The summed E-state index contributed by atoms with van der Waals surface area (Å²) >= 11 is 6.40. The molecule has 1 aliphatic heterocycles. The summed E-state index contributed by atoms with van der Waals surface area (Å²) in [6, 6.07) is 3.62. The highest BCUT2D eigenvalue weighted by atomic mass is 35.5. The molecule has 1 fully saturated rings. The van der Waals surface area contributed by atoms with E-state index in [9.17, 15) is 9.59 Å². The SMILES string of the molecule is CCCOC(=O)c1cc2c(cc1Cl)CC(C)(C)N/C2=C\C(=O)C1CCCCC1. The fraction of sp³-hybridized carbons (Fsp3) is 0.565. The third-order valence-corrected chi connectivity index (χ3v) is 5.85. The van der Waals surface area contributed by atoms with Crippen LogP contribution in [0.1, 0.15) is 80.8 Å². The Morgan fingerprint density at radius 2 is 1.96 bits per heavy atom. The van der Waals surface area contributed by atoms with Crippen molar-refractivity contribution in [1.29, 1.82) is 0 Å². The van der Waals surface area contributed by atoms with Crippen molar-refractivity contribution in [1.82, 2.24) is 5.32 Å². The van der Waals surface area contributed by atoms with E-state index in [4.69, 9.17) is 16.3 Å². The number of allylic oxidation sites excluding steroid dienone is 1. The Hall–Kier alpha value is -1.81. The number of carbonyl (C=O) groups is 2. The van der Waals surface area contributed by atoms with Crippen LogP contribution in [-0.4, -0.2) is 23.9 Å². The highest BCUT2D eigenvalue weighted by Gasteiger charge is 2.31. The molecule has 0 unspecified atom stereocenters. The summed E-state index contributed by atoms with van der Waals surface area (Å²) in [5.41, 5.74) is 2.86. The first-order chi connectivity index (χ1) is 13.3. The molecule has 2 aliphatic rings. The number of ether oxygens (including phenoxy) is 1. The predicted octanol–water partition coefficient (Wildman–Crippen LogP) is 5.32. The van der Waals surface area contributed by atoms with Crippen LogP contribution >= 0.6 is 11.6 Å². The molecular formula is C23H30ClNO3. The van der Waals surface area contributed by atoms with Gasteiger partial charge in [-0.2, -0.15) is 0 Å². The lowest BCUT2D eigenvalue weighted by Gasteiger charge is -2.36. The molecule has 152 valence electrons. The van der Waals surface area contributed by atoms with Gasteiger partial charge in [-0.15, -0.1) is 0 Å². The van der Waals surface area contributed by atoms with E-state index in [0.717, 1.165) is 55.3 Å². The zero-order valence-corrected chi connectivity index (χ0v) is 17.8. The Kier molecular flexibility index (Phi) is 6.49. The molecule has 0 radical (unpaired) electrons. The van der Waals surface area contributed by atoms with Gasteiger partial charge < -0.3 is 10.1 Å². The molecule has 0 bridgehead atoms. The molecule has 28 heavy (non-hydrogen) atoms. The molecular weight excluding hydrogens is 374 g/mol. The summed E-state index contributed by atoms with van der Waals surface area (Å²) in [4.78, 5) is 25.3. The van der Waals surface area contributed by atoms with Gasteiger partial charge in [0.25, 0.3) is 0 Å². The number of hydrogen-bond donors (Lipinski definition) is 1. The van der Waals surface area contributed by atoms with E-state index in [1.165, 1.54) is 6.42 Å². The van der Waals surface area contributed by atoms with Crippen LogP contribution in [0.15, 0.2) is 18.2 Å². The van der Waals surface area contributed by atoms with Gasteiger partial charge in [-0.05, 0) is 57.2 Å². The number of esters is 1. The molecule has 4 nitrogen and oxygen atoms in total. The predicted molar refractivity (Wildman–Crippen MR) is 113 cm³/mol. The smallest absolute Gasteiger partial charge is 0.339 e. The molecule has 3 rings (SSSR count). The fourth-order valence-corrected chi connectivity index (χ4v) is 4.42. The van der Waals surface area contributed by atoms with E-state index < -0.39 is 5.97 Å². The van der Waals surface area contributed by atoms with Crippen molar-refractivity contribution in [2.75, 3.05) is 6.61 Å². The van der Waals surface area contributed by atoms with Gasteiger partial charge in [-0.25, -0.2) is 4.79 Å². The third-order valence-electron chi connectivity index (χ3n) is 5.54. The van der Waals surface area contributed by atoms with E-state index in [2.05, 4.69) is 19.2 Å². The first kappa shape index (κ1) is 20.9. The van der Waals surface area contributed by atoms with Gasteiger partial charge in [0.15, 0.2) is 5.78 Å². The number of halogens is 1. The molecule has 0 spiro atoms. The van der Waals surface area contributed by atoms with Crippen molar-refractivity contribution in [2.24, 2.45) is 5.92 Å². The maximum Gasteiger partial charge on any atom is 0.339 e. The van der Waals surface area contributed by atoms with Crippen LogP contribution in [0.25, 0.3) is 5.70 Å². The van der Waals surface area contributed by atoms with E-state index in [1.807, 2.05) is 13.0 Å².